The van der Waals surface area contributed by atoms with Crippen LogP contribution in [-0.4, -0.2) is 20.9 Å². The Bertz CT molecular complexity index is 732. The zero-order valence-electron chi connectivity index (χ0n) is 11.0. The van der Waals surface area contributed by atoms with Gasteiger partial charge in [-0.2, -0.15) is 5.10 Å². The third kappa shape index (κ3) is 2.64. The topological polar surface area (TPSA) is 77.5 Å². The van der Waals surface area contributed by atoms with Crippen LogP contribution in [0, 0.1) is 0 Å². The van der Waals surface area contributed by atoms with Crippen molar-refractivity contribution < 1.29 is 19.1 Å². The Hall–Kier alpha value is -3.02. The third-order valence-electron chi connectivity index (χ3n) is 2.91. The van der Waals surface area contributed by atoms with Crippen LogP contribution >= 0.6 is 0 Å². The van der Waals surface area contributed by atoms with E-state index < -0.39 is 5.97 Å². The van der Waals surface area contributed by atoms with Crippen LogP contribution in [0.4, 0.5) is 0 Å². The van der Waals surface area contributed by atoms with E-state index in [9.17, 15) is 9.90 Å². The van der Waals surface area contributed by atoms with E-state index in [-0.39, 0.29) is 18.1 Å². The SMILES string of the molecule is O=C(O)c1cnn(-c2ccccc2)c1OCc1ccoc1. The minimum Gasteiger partial charge on any atom is -0.477 e. The van der Waals surface area contributed by atoms with Gasteiger partial charge in [0.2, 0.25) is 5.88 Å². The summed E-state index contributed by atoms with van der Waals surface area (Å²) >= 11 is 0. The molecule has 0 atom stereocenters. The maximum atomic E-state index is 11.3. The van der Waals surface area contributed by atoms with E-state index in [1.807, 2.05) is 30.3 Å². The predicted molar refractivity (Wildman–Crippen MR) is 73.6 cm³/mol. The number of ether oxygens (including phenoxy) is 1. The number of benzene rings is 1. The van der Waals surface area contributed by atoms with Gasteiger partial charge in [-0.3, -0.25) is 0 Å². The molecule has 1 aromatic carbocycles. The Morgan fingerprint density at radius 1 is 1.29 bits per heavy atom. The molecule has 0 saturated heterocycles. The third-order valence-corrected chi connectivity index (χ3v) is 2.91. The molecule has 6 nitrogen and oxygen atoms in total. The fourth-order valence-corrected chi connectivity index (χ4v) is 1.90. The molecule has 21 heavy (non-hydrogen) atoms. The summed E-state index contributed by atoms with van der Waals surface area (Å²) in [5, 5.41) is 13.3. The average Bonchev–Trinajstić information content (AvgIpc) is 3.15. The summed E-state index contributed by atoms with van der Waals surface area (Å²) < 4.78 is 12.0. The first-order chi connectivity index (χ1) is 10.3. The molecule has 2 aromatic heterocycles. The van der Waals surface area contributed by atoms with E-state index in [1.165, 1.54) is 17.1 Å². The summed E-state index contributed by atoms with van der Waals surface area (Å²) in [6.45, 7) is 0.204. The molecule has 3 aromatic rings. The minimum absolute atomic E-state index is 0.0161. The monoisotopic (exact) mass is 284 g/mol. The first-order valence-electron chi connectivity index (χ1n) is 6.26. The summed E-state index contributed by atoms with van der Waals surface area (Å²) in [5.41, 5.74) is 1.56. The van der Waals surface area contributed by atoms with Crippen molar-refractivity contribution in [2.24, 2.45) is 0 Å². The normalized spacial score (nSPS) is 10.5. The molecule has 0 fully saturated rings. The molecule has 0 spiro atoms. The van der Waals surface area contributed by atoms with Crippen molar-refractivity contribution >= 4 is 5.97 Å². The molecular weight excluding hydrogens is 272 g/mol. The van der Waals surface area contributed by atoms with Crippen molar-refractivity contribution in [1.82, 2.24) is 9.78 Å². The molecule has 0 unspecified atom stereocenters. The highest BCUT2D eigenvalue weighted by Crippen LogP contribution is 2.23. The van der Waals surface area contributed by atoms with Crippen LogP contribution in [0.2, 0.25) is 0 Å². The number of nitrogens with zero attached hydrogens (tertiary/aromatic N) is 2. The first kappa shape index (κ1) is 13.0. The van der Waals surface area contributed by atoms with Crippen LogP contribution in [0.25, 0.3) is 5.69 Å². The van der Waals surface area contributed by atoms with Crippen LogP contribution in [0.1, 0.15) is 15.9 Å². The Labute approximate surface area is 120 Å². The fraction of sp³-hybridized carbons (Fsp3) is 0.0667. The van der Waals surface area contributed by atoms with Gasteiger partial charge in [-0.15, -0.1) is 0 Å². The van der Waals surface area contributed by atoms with Gasteiger partial charge in [-0.1, -0.05) is 18.2 Å². The first-order valence-corrected chi connectivity index (χ1v) is 6.26. The number of hydrogen-bond donors (Lipinski definition) is 1. The van der Waals surface area contributed by atoms with Crippen molar-refractivity contribution in [1.29, 1.82) is 0 Å². The molecule has 0 aliphatic heterocycles. The lowest BCUT2D eigenvalue weighted by atomic mass is 10.3. The number of aromatic carboxylic acids is 1. The van der Waals surface area contributed by atoms with Crippen molar-refractivity contribution in [3.05, 3.63) is 66.2 Å². The van der Waals surface area contributed by atoms with Gasteiger partial charge >= 0.3 is 5.97 Å². The zero-order valence-corrected chi connectivity index (χ0v) is 11.0. The van der Waals surface area contributed by atoms with Gasteiger partial charge < -0.3 is 14.3 Å². The van der Waals surface area contributed by atoms with E-state index in [2.05, 4.69) is 5.10 Å². The number of aromatic nitrogens is 2. The molecule has 1 N–H and O–H groups in total. The van der Waals surface area contributed by atoms with Gasteiger partial charge in [-0.05, 0) is 18.2 Å². The molecular formula is C15H12N2O4. The van der Waals surface area contributed by atoms with Gasteiger partial charge in [0.05, 0.1) is 24.4 Å². The molecule has 6 heteroatoms. The van der Waals surface area contributed by atoms with Crippen molar-refractivity contribution in [2.45, 2.75) is 6.61 Å². The highest BCUT2D eigenvalue weighted by molar-refractivity contribution is 5.90. The number of carboxylic acids is 1. The Balaban J connectivity index is 1.95. The molecule has 2 heterocycles. The molecule has 0 radical (unpaired) electrons. The number of carboxylic acid groups (broad SMARTS) is 1. The zero-order chi connectivity index (χ0) is 14.7. The Morgan fingerprint density at radius 2 is 2.10 bits per heavy atom. The van der Waals surface area contributed by atoms with E-state index >= 15 is 0 Å². The summed E-state index contributed by atoms with van der Waals surface area (Å²) in [4.78, 5) is 11.3. The second-order valence-electron chi connectivity index (χ2n) is 4.34. The van der Waals surface area contributed by atoms with Gasteiger partial charge in [0.1, 0.15) is 12.2 Å². The van der Waals surface area contributed by atoms with Crippen LogP contribution < -0.4 is 4.74 Å². The number of para-hydroxylation sites is 1. The molecule has 0 bridgehead atoms. The van der Waals surface area contributed by atoms with Crippen molar-refractivity contribution in [2.75, 3.05) is 0 Å². The van der Waals surface area contributed by atoms with Gasteiger partial charge in [0.15, 0.2) is 0 Å². The lowest BCUT2D eigenvalue weighted by molar-refractivity contribution is 0.0691. The Kier molecular flexibility index (Phi) is 3.42. The second kappa shape index (κ2) is 5.54. The molecule has 0 aliphatic rings. The average molecular weight is 284 g/mol. The molecule has 0 amide bonds. The van der Waals surface area contributed by atoms with Crippen molar-refractivity contribution in [3.63, 3.8) is 0 Å². The fourth-order valence-electron chi connectivity index (χ4n) is 1.90. The standard InChI is InChI=1S/C15H12N2O4/c18-15(19)13-8-16-17(12-4-2-1-3-5-12)14(13)21-10-11-6-7-20-9-11/h1-9H,10H2,(H,18,19). The molecule has 0 aliphatic carbocycles. The highest BCUT2D eigenvalue weighted by Gasteiger charge is 2.19. The van der Waals surface area contributed by atoms with Crippen LogP contribution in [0.3, 0.4) is 0 Å². The summed E-state index contributed by atoms with van der Waals surface area (Å²) in [7, 11) is 0. The van der Waals surface area contributed by atoms with Crippen molar-refractivity contribution in [3.8, 4) is 11.6 Å². The van der Waals surface area contributed by atoms with Crippen LogP contribution in [0.5, 0.6) is 5.88 Å². The van der Waals surface area contributed by atoms with Gasteiger partial charge in [0, 0.05) is 5.56 Å². The predicted octanol–water partition coefficient (Wildman–Crippen LogP) is 2.74. The summed E-state index contributed by atoms with van der Waals surface area (Å²) in [5.74, 6) is -0.894. The number of furan rings is 1. The molecule has 3 rings (SSSR count). The van der Waals surface area contributed by atoms with E-state index in [1.54, 1.807) is 12.3 Å². The quantitative estimate of drug-likeness (QED) is 0.779. The lowest BCUT2D eigenvalue weighted by Crippen LogP contribution is -2.06. The number of rotatable bonds is 5. The highest BCUT2D eigenvalue weighted by atomic mass is 16.5. The summed E-state index contributed by atoms with van der Waals surface area (Å²) in [6.07, 6.45) is 4.36. The molecule has 106 valence electrons. The smallest absolute Gasteiger partial charge is 0.342 e. The lowest BCUT2D eigenvalue weighted by Gasteiger charge is -2.09. The van der Waals surface area contributed by atoms with E-state index in [0.29, 0.717) is 0 Å². The number of carbonyl (C=O) groups is 1. The van der Waals surface area contributed by atoms with Crippen LogP contribution in [-0.2, 0) is 6.61 Å². The number of hydrogen-bond acceptors (Lipinski definition) is 4. The minimum atomic E-state index is -1.08. The largest absolute Gasteiger partial charge is 0.477 e. The van der Waals surface area contributed by atoms with Gasteiger partial charge in [0.25, 0.3) is 0 Å². The van der Waals surface area contributed by atoms with Gasteiger partial charge in [-0.25, -0.2) is 9.48 Å². The summed E-state index contributed by atoms with van der Waals surface area (Å²) in [6, 6.07) is 11.0. The Morgan fingerprint density at radius 3 is 2.76 bits per heavy atom. The second-order valence-corrected chi connectivity index (χ2v) is 4.34. The maximum Gasteiger partial charge on any atom is 0.342 e. The molecule has 0 saturated carbocycles. The maximum absolute atomic E-state index is 11.3. The van der Waals surface area contributed by atoms with Crippen LogP contribution in [0.15, 0.2) is 59.5 Å². The van der Waals surface area contributed by atoms with E-state index in [0.717, 1.165) is 11.3 Å². The van der Waals surface area contributed by atoms with E-state index in [4.69, 9.17) is 9.15 Å².